The van der Waals surface area contributed by atoms with E-state index in [9.17, 15) is 14.7 Å². The summed E-state index contributed by atoms with van der Waals surface area (Å²) in [5, 5.41) is 14.4. The topological polar surface area (TPSA) is 134 Å². The predicted octanol–water partition coefficient (Wildman–Crippen LogP) is 4.83. The van der Waals surface area contributed by atoms with Crippen molar-refractivity contribution in [2.45, 2.75) is 94.0 Å². The van der Waals surface area contributed by atoms with Crippen molar-refractivity contribution in [2.75, 3.05) is 59.5 Å². The third-order valence-electron chi connectivity index (χ3n) is 15.2. The van der Waals surface area contributed by atoms with E-state index in [2.05, 4.69) is 52.1 Å². The molecule has 1 aromatic heterocycles. The molecule has 1 saturated carbocycles. The third-order valence-corrected chi connectivity index (χ3v) is 15.2. The number of piperidine rings is 1. The highest BCUT2D eigenvalue weighted by molar-refractivity contribution is 5.95. The van der Waals surface area contributed by atoms with Crippen molar-refractivity contribution in [3.05, 3.63) is 70.9 Å². The van der Waals surface area contributed by atoms with Crippen LogP contribution in [-0.4, -0.2) is 116 Å². The summed E-state index contributed by atoms with van der Waals surface area (Å²) < 4.78 is 23.9. The van der Waals surface area contributed by atoms with Crippen molar-refractivity contribution >= 4 is 34.5 Å². The van der Waals surface area contributed by atoms with Gasteiger partial charge < -0.3 is 33.9 Å². The normalized spacial score (nSPS) is 36.3. The molecule has 12 nitrogen and oxygen atoms in total. The van der Waals surface area contributed by atoms with Gasteiger partial charge in [-0.2, -0.15) is 0 Å². The molecule has 2 saturated heterocycles. The molecular weight excluding hydrogens is 725 g/mol. The van der Waals surface area contributed by atoms with Crippen LogP contribution in [0.15, 0.2) is 48.6 Å². The van der Waals surface area contributed by atoms with E-state index in [0.717, 1.165) is 59.3 Å². The highest BCUT2D eigenvalue weighted by Gasteiger charge is 2.80. The second-order valence-electron chi connectivity index (χ2n) is 17.6. The Kier molecular flexibility index (Phi) is 8.92. The zero-order valence-electron chi connectivity index (χ0n) is 34.2. The fourth-order valence-corrected chi connectivity index (χ4v) is 13.3. The molecule has 1 unspecified atom stereocenters. The van der Waals surface area contributed by atoms with Crippen molar-refractivity contribution in [1.29, 1.82) is 0 Å². The summed E-state index contributed by atoms with van der Waals surface area (Å²) in [6, 6.07) is 11.3. The summed E-state index contributed by atoms with van der Waals surface area (Å²) in [6.07, 6.45) is 6.56. The highest BCUT2D eigenvalue weighted by atomic mass is 16.6. The number of esters is 3. The summed E-state index contributed by atoms with van der Waals surface area (Å²) in [6.45, 7) is 9.54. The first-order chi connectivity index (χ1) is 27.4. The van der Waals surface area contributed by atoms with Crippen LogP contribution in [0.4, 0.5) is 5.69 Å². The number of aliphatic hydroxyl groups is 1. The number of aromatic nitrogens is 1. The zero-order valence-corrected chi connectivity index (χ0v) is 34.2. The van der Waals surface area contributed by atoms with Crippen LogP contribution in [0, 0.1) is 17.3 Å². The lowest BCUT2D eigenvalue weighted by atomic mass is 9.47. The number of nitrogens with zero attached hydrogens (tertiary/aromatic N) is 3. The van der Waals surface area contributed by atoms with Gasteiger partial charge in [-0.05, 0) is 67.3 Å². The Morgan fingerprint density at radius 2 is 1.77 bits per heavy atom. The maximum atomic E-state index is 15.2. The molecule has 6 heterocycles. The number of benzene rings is 2. The monoisotopic (exact) mass is 780 g/mol. The minimum absolute atomic E-state index is 0.190. The van der Waals surface area contributed by atoms with Gasteiger partial charge in [0.05, 0.1) is 27.4 Å². The van der Waals surface area contributed by atoms with Crippen LogP contribution in [0.5, 0.6) is 5.75 Å². The molecule has 1 aliphatic carbocycles. The van der Waals surface area contributed by atoms with Crippen LogP contribution < -0.4 is 9.64 Å². The van der Waals surface area contributed by atoms with Crippen LogP contribution in [0.3, 0.4) is 0 Å². The molecule has 0 amide bonds. The largest absolute Gasteiger partial charge is 0.496 e. The number of para-hydroxylation sites is 1. The number of carbonyl (C=O) groups is 3. The van der Waals surface area contributed by atoms with Crippen LogP contribution in [-0.2, 0) is 46.0 Å². The maximum Gasteiger partial charge on any atom is 0.344 e. The van der Waals surface area contributed by atoms with Gasteiger partial charge in [0.2, 0.25) is 5.60 Å². The van der Waals surface area contributed by atoms with Gasteiger partial charge >= 0.3 is 17.9 Å². The average molecular weight is 781 g/mol. The highest BCUT2D eigenvalue weighted by Crippen LogP contribution is 2.68. The van der Waals surface area contributed by atoms with E-state index < -0.39 is 45.9 Å². The van der Waals surface area contributed by atoms with Crippen molar-refractivity contribution in [2.24, 2.45) is 17.3 Å². The minimum atomic E-state index is -2.27. The number of carbonyl (C=O) groups excluding carboxylic acids is 3. The van der Waals surface area contributed by atoms with E-state index in [-0.39, 0.29) is 17.9 Å². The fourth-order valence-electron chi connectivity index (χ4n) is 13.3. The summed E-state index contributed by atoms with van der Waals surface area (Å²) in [7, 11) is 6.26. The first-order valence-corrected chi connectivity index (χ1v) is 20.7. The molecular formula is C45H56N4O8. The Morgan fingerprint density at radius 1 is 1.00 bits per heavy atom. The number of ether oxygens (including phenoxy) is 4. The van der Waals surface area contributed by atoms with E-state index in [1.54, 1.807) is 7.11 Å². The molecule has 304 valence electrons. The predicted molar refractivity (Wildman–Crippen MR) is 214 cm³/mol. The van der Waals surface area contributed by atoms with Crippen LogP contribution in [0.25, 0.3) is 10.9 Å². The van der Waals surface area contributed by atoms with E-state index in [4.69, 9.17) is 18.9 Å². The summed E-state index contributed by atoms with van der Waals surface area (Å²) in [4.78, 5) is 53.3. The third kappa shape index (κ3) is 4.86. The Hall–Kier alpha value is -4.39. The lowest BCUT2D eigenvalue weighted by Gasteiger charge is -2.63. The standard InChI is InChI=1S/C45H56N4O8/c1-8-27-19-28-22-44(40(51)55-6,36-30(25-48(23-27)24-28)29-13-10-11-14-33(29)46-36)32-20-31-34(21-35(32)54-5)47(4)38-43(31)16-18-49-17-12-15-42(9-2,37(43)49)39(57-26(3)50)45(38,53)41(52)56-7/h10-15,20-21,27-28,37-39,46,53H,8-9,16-19,22-25H2,1-7H3/t27-,28+,37+,38-,39-,42-,43-,44+,45+/m1/s1. The van der Waals surface area contributed by atoms with Crippen molar-refractivity contribution in [3.63, 3.8) is 0 Å². The first kappa shape index (κ1) is 38.1. The van der Waals surface area contributed by atoms with Crippen LogP contribution in [0.2, 0.25) is 0 Å². The van der Waals surface area contributed by atoms with Crippen LogP contribution in [0.1, 0.15) is 75.3 Å². The van der Waals surface area contributed by atoms with Gasteiger partial charge in [-0.3, -0.25) is 19.4 Å². The molecule has 5 aliphatic heterocycles. The minimum Gasteiger partial charge on any atom is -0.496 e. The number of anilines is 1. The molecule has 6 aliphatic rings. The van der Waals surface area contributed by atoms with E-state index in [0.29, 0.717) is 56.1 Å². The lowest BCUT2D eigenvalue weighted by molar-refractivity contribution is -0.228. The molecule has 3 fully saturated rings. The molecule has 2 bridgehead atoms. The number of fused-ring (bicyclic) bond motifs is 6. The Balaban J connectivity index is 1.36. The molecule has 57 heavy (non-hydrogen) atoms. The molecule has 0 radical (unpaired) electrons. The number of likely N-dealkylation sites (N-methyl/N-ethyl adjacent to an activating group) is 1. The number of hydrogen-bond donors (Lipinski definition) is 2. The molecule has 9 rings (SSSR count). The quantitative estimate of drug-likeness (QED) is 0.194. The molecule has 2 aromatic carbocycles. The summed E-state index contributed by atoms with van der Waals surface area (Å²) in [5.41, 5.74) is -0.0938. The Morgan fingerprint density at radius 3 is 2.47 bits per heavy atom. The maximum absolute atomic E-state index is 15.2. The lowest BCUT2D eigenvalue weighted by Crippen LogP contribution is -2.81. The first-order valence-electron chi connectivity index (χ1n) is 20.7. The van der Waals surface area contributed by atoms with E-state index >= 15 is 4.79 Å². The van der Waals surface area contributed by atoms with Gasteiger partial charge in [0.1, 0.15) is 11.2 Å². The second kappa shape index (κ2) is 13.3. The summed E-state index contributed by atoms with van der Waals surface area (Å²) in [5.74, 6) is -0.592. The molecule has 12 heteroatoms. The second-order valence-corrected chi connectivity index (χ2v) is 17.6. The van der Waals surface area contributed by atoms with Gasteiger partial charge in [0.15, 0.2) is 6.10 Å². The SMILES string of the molecule is CC[C@@H]1C[C@@H]2CN(Cc3c([nH]c4ccccc34)[C@@](C(=O)OC)(c3cc4c(cc3OC)N(C)[C@H]3[C@@](O)(C(=O)OC)[C@H](OC(C)=O)[C@]5(CC)C=CCN6CC[C@]43[C@@H]65)C2)C1. The van der Waals surface area contributed by atoms with Gasteiger partial charge in [-0.1, -0.05) is 50.6 Å². The number of H-pyrrole nitrogens is 1. The Labute approximate surface area is 334 Å². The molecule has 3 aromatic rings. The Bertz CT molecular complexity index is 2180. The average Bonchev–Trinajstić information content (AvgIpc) is 3.87. The summed E-state index contributed by atoms with van der Waals surface area (Å²) >= 11 is 0. The molecule has 10 atom stereocenters. The van der Waals surface area contributed by atoms with E-state index in [1.807, 2.05) is 37.1 Å². The van der Waals surface area contributed by atoms with Crippen molar-refractivity contribution in [3.8, 4) is 5.75 Å². The number of hydrogen-bond acceptors (Lipinski definition) is 11. The van der Waals surface area contributed by atoms with Crippen molar-refractivity contribution < 1.29 is 38.4 Å². The number of nitrogens with one attached hydrogen (secondary N) is 1. The zero-order chi connectivity index (χ0) is 40.2. The molecule has 2 N–H and O–H groups in total. The number of aromatic amines is 1. The van der Waals surface area contributed by atoms with Crippen molar-refractivity contribution in [1.82, 2.24) is 14.8 Å². The van der Waals surface area contributed by atoms with Crippen LogP contribution >= 0.6 is 0 Å². The van der Waals surface area contributed by atoms with Gasteiger partial charge in [-0.15, -0.1) is 0 Å². The van der Waals surface area contributed by atoms with Gasteiger partial charge in [0, 0.05) is 90.9 Å². The molecule has 1 spiro atoms. The van der Waals surface area contributed by atoms with Gasteiger partial charge in [0.25, 0.3) is 0 Å². The smallest absolute Gasteiger partial charge is 0.344 e. The number of methoxy groups -OCH3 is 3. The van der Waals surface area contributed by atoms with Gasteiger partial charge in [-0.25, -0.2) is 4.79 Å². The fraction of sp³-hybridized carbons (Fsp3) is 0.578. The van der Waals surface area contributed by atoms with E-state index in [1.165, 1.54) is 21.1 Å². The number of rotatable bonds is 7.